The highest BCUT2D eigenvalue weighted by Gasteiger charge is 2.16. The van der Waals surface area contributed by atoms with Crippen molar-refractivity contribution >= 4 is 28.2 Å². The molecule has 1 fully saturated rings. The molecular formula is C13H15ClN4O2. The van der Waals surface area contributed by atoms with Gasteiger partial charge in [-0.1, -0.05) is 0 Å². The normalized spacial score (nSPS) is 16.8. The summed E-state index contributed by atoms with van der Waals surface area (Å²) in [5.74, 6) is 0. The lowest BCUT2D eigenvalue weighted by atomic mass is 10.2. The Kier molecular flexibility index (Phi) is 3.50. The summed E-state index contributed by atoms with van der Waals surface area (Å²) in [6.07, 6.45) is 0. The third-order valence-electron chi connectivity index (χ3n) is 3.63. The molecule has 6 nitrogen and oxygen atoms in total. The Morgan fingerprint density at radius 1 is 1.10 bits per heavy atom. The number of halogens is 1. The first kappa shape index (κ1) is 13.2. The maximum absolute atomic E-state index is 11.8. The minimum absolute atomic E-state index is 0.356. The van der Waals surface area contributed by atoms with Crippen LogP contribution in [0.1, 0.15) is 0 Å². The zero-order chi connectivity index (χ0) is 14.1. The van der Waals surface area contributed by atoms with E-state index in [0.717, 1.165) is 31.9 Å². The molecule has 1 saturated heterocycles. The van der Waals surface area contributed by atoms with Gasteiger partial charge in [0, 0.05) is 31.9 Å². The summed E-state index contributed by atoms with van der Waals surface area (Å²) >= 11 is 5.82. The van der Waals surface area contributed by atoms with Crippen molar-refractivity contribution in [3.05, 3.63) is 39.0 Å². The molecule has 0 amide bonds. The molecule has 0 unspecified atom stereocenters. The van der Waals surface area contributed by atoms with E-state index in [1.54, 1.807) is 6.07 Å². The van der Waals surface area contributed by atoms with E-state index in [2.05, 4.69) is 19.8 Å². The first-order valence-corrected chi connectivity index (χ1v) is 7.00. The van der Waals surface area contributed by atoms with E-state index in [1.165, 1.54) is 0 Å². The SMILES string of the molecule is O=c1[nH]c(=O)c2cc(N3CCN(CCl)CC3)ccc2[nH]1. The van der Waals surface area contributed by atoms with Gasteiger partial charge in [0.05, 0.1) is 16.9 Å². The maximum Gasteiger partial charge on any atom is 0.326 e. The molecule has 106 valence electrons. The van der Waals surface area contributed by atoms with Crippen LogP contribution in [0, 0.1) is 0 Å². The van der Waals surface area contributed by atoms with Crippen LogP contribution in [0.5, 0.6) is 0 Å². The van der Waals surface area contributed by atoms with Crippen molar-refractivity contribution in [1.82, 2.24) is 14.9 Å². The molecule has 2 aromatic rings. The number of nitrogens with zero attached hydrogens (tertiary/aromatic N) is 2. The number of fused-ring (bicyclic) bond motifs is 1. The quantitative estimate of drug-likeness (QED) is 0.626. The number of rotatable bonds is 2. The minimum atomic E-state index is -0.481. The second-order valence-corrected chi connectivity index (χ2v) is 5.10. The van der Waals surface area contributed by atoms with E-state index in [1.807, 2.05) is 12.1 Å². The van der Waals surface area contributed by atoms with Crippen LogP contribution in [0.15, 0.2) is 27.8 Å². The third kappa shape index (κ3) is 2.44. The van der Waals surface area contributed by atoms with Crippen LogP contribution in [0.4, 0.5) is 5.69 Å². The minimum Gasteiger partial charge on any atom is -0.369 e. The molecular weight excluding hydrogens is 280 g/mol. The standard InChI is InChI=1S/C13H15ClN4O2/c14-8-17-3-5-18(6-4-17)9-1-2-11-10(7-9)12(19)16-13(20)15-11/h1-2,7H,3-6,8H2,(H2,15,16,19,20). The lowest BCUT2D eigenvalue weighted by Crippen LogP contribution is -2.45. The Morgan fingerprint density at radius 3 is 2.55 bits per heavy atom. The van der Waals surface area contributed by atoms with Crippen molar-refractivity contribution in [2.75, 3.05) is 37.1 Å². The van der Waals surface area contributed by atoms with E-state index in [-0.39, 0.29) is 5.56 Å². The van der Waals surface area contributed by atoms with Gasteiger partial charge in [-0.25, -0.2) is 4.79 Å². The van der Waals surface area contributed by atoms with Crippen LogP contribution >= 0.6 is 11.6 Å². The number of alkyl halides is 1. The molecule has 7 heteroatoms. The van der Waals surface area contributed by atoms with Gasteiger partial charge in [0.25, 0.3) is 5.56 Å². The van der Waals surface area contributed by atoms with Crippen molar-refractivity contribution in [2.24, 2.45) is 0 Å². The average Bonchev–Trinajstić information content (AvgIpc) is 2.47. The Balaban J connectivity index is 1.94. The van der Waals surface area contributed by atoms with Gasteiger partial charge in [0.2, 0.25) is 0 Å². The van der Waals surface area contributed by atoms with Gasteiger partial charge in [-0.15, -0.1) is 11.6 Å². The second kappa shape index (κ2) is 5.30. The zero-order valence-electron chi connectivity index (χ0n) is 10.9. The number of H-pyrrole nitrogens is 2. The van der Waals surface area contributed by atoms with Crippen molar-refractivity contribution in [1.29, 1.82) is 0 Å². The van der Waals surface area contributed by atoms with Crippen LogP contribution < -0.4 is 16.1 Å². The van der Waals surface area contributed by atoms with Crippen molar-refractivity contribution in [3.8, 4) is 0 Å². The van der Waals surface area contributed by atoms with Gasteiger partial charge < -0.3 is 9.88 Å². The van der Waals surface area contributed by atoms with Crippen molar-refractivity contribution in [3.63, 3.8) is 0 Å². The van der Waals surface area contributed by atoms with Gasteiger partial charge >= 0.3 is 5.69 Å². The zero-order valence-corrected chi connectivity index (χ0v) is 11.6. The number of piperazine rings is 1. The fourth-order valence-electron chi connectivity index (χ4n) is 2.48. The smallest absolute Gasteiger partial charge is 0.326 e. The molecule has 2 heterocycles. The molecule has 1 aromatic heterocycles. The number of anilines is 1. The molecule has 0 aliphatic carbocycles. The van der Waals surface area contributed by atoms with Crippen molar-refractivity contribution < 1.29 is 0 Å². The highest BCUT2D eigenvalue weighted by atomic mass is 35.5. The molecule has 20 heavy (non-hydrogen) atoms. The lowest BCUT2D eigenvalue weighted by Gasteiger charge is -2.35. The van der Waals surface area contributed by atoms with Crippen molar-refractivity contribution in [2.45, 2.75) is 0 Å². The van der Waals surface area contributed by atoms with E-state index >= 15 is 0 Å². The Hall–Kier alpha value is -1.79. The van der Waals surface area contributed by atoms with Gasteiger partial charge in [-0.2, -0.15) is 0 Å². The summed E-state index contributed by atoms with van der Waals surface area (Å²) in [5, 5.41) is 0.502. The topological polar surface area (TPSA) is 72.2 Å². The Morgan fingerprint density at radius 2 is 1.85 bits per heavy atom. The van der Waals surface area contributed by atoms with Gasteiger partial charge in [0.1, 0.15) is 0 Å². The first-order valence-electron chi connectivity index (χ1n) is 6.47. The van der Waals surface area contributed by atoms with E-state index in [0.29, 0.717) is 16.9 Å². The summed E-state index contributed by atoms with van der Waals surface area (Å²) in [4.78, 5) is 32.3. The fourth-order valence-corrected chi connectivity index (χ4v) is 2.71. The van der Waals surface area contributed by atoms with E-state index < -0.39 is 5.69 Å². The molecule has 1 aliphatic rings. The van der Waals surface area contributed by atoms with Crippen LogP contribution in [-0.4, -0.2) is 47.1 Å². The number of hydrogen-bond donors (Lipinski definition) is 2. The molecule has 0 spiro atoms. The van der Waals surface area contributed by atoms with Crippen LogP contribution in [0.25, 0.3) is 10.9 Å². The Bertz CT molecular complexity index is 731. The molecule has 0 saturated carbocycles. The molecule has 1 aromatic carbocycles. The lowest BCUT2D eigenvalue weighted by molar-refractivity contribution is 0.298. The van der Waals surface area contributed by atoms with Gasteiger partial charge in [0.15, 0.2) is 0 Å². The molecule has 3 rings (SSSR count). The summed E-state index contributed by atoms with van der Waals surface area (Å²) in [6, 6.07) is 6.07. The number of hydrogen-bond acceptors (Lipinski definition) is 4. The molecule has 0 radical (unpaired) electrons. The number of benzene rings is 1. The van der Waals surface area contributed by atoms with E-state index in [4.69, 9.17) is 11.6 Å². The number of nitrogens with one attached hydrogen (secondary N) is 2. The summed E-state index contributed by atoms with van der Waals surface area (Å²) < 4.78 is 0. The third-order valence-corrected chi connectivity index (χ3v) is 3.97. The van der Waals surface area contributed by atoms with Crippen LogP contribution in [0.3, 0.4) is 0 Å². The highest BCUT2D eigenvalue weighted by molar-refractivity contribution is 6.17. The van der Waals surface area contributed by atoms with E-state index in [9.17, 15) is 9.59 Å². The summed E-state index contributed by atoms with van der Waals surface area (Å²) in [5.41, 5.74) is 0.710. The predicted molar refractivity (Wildman–Crippen MR) is 79.7 cm³/mol. The molecule has 0 bridgehead atoms. The highest BCUT2D eigenvalue weighted by Crippen LogP contribution is 2.19. The summed E-state index contributed by atoms with van der Waals surface area (Å²) in [7, 11) is 0. The summed E-state index contributed by atoms with van der Waals surface area (Å²) in [6.45, 7) is 3.56. The number of aromatic amines is 2. The van der Waals surface area contributed by atoms with Crippen LogP contribution in [-0.2, 0) is 0 Å². The van der Waals surface area contributed by atoms with Crippen LogP contribution in [0.2, 0.25) is 0 Å². The predicted octanol–water partition coefficient (Wildman–Crippen LogP) is 0.535. The average molecular weight is 295 g/mol. The van der Waals surface area contributed by atoms with Gasteiger partial charge in [-0.05, 0) is 18.2 Å². The number of aromatic nitrogens is 2. The second-order valence-electron chi connectivity index (χ2n) is 4.86. The monoisotopic (exact) mass is 294 g/mol. The molecule has 2 N–H and O–H groups in total. The molecule has 0 atom stereocenters. The first-order chi connectivity index (χ1) is 9.67. The fraction of sp³-hybridized carbons (Fsp3) is 0.385. The maximum atomic E-state index is 11.8. The Labute approximate surface area is 120 Å². The molecule has 1 aliphatic heterocycles. The largest absolute Gasteiger partial charge is 0.369 e. The van der Waals surface area contributed by atoms with Gasteiger partial charge in [-0.3, -0.25) is 14.7 Å².